The van der Waals surface area contributed by atoms with E-state index in [9.17, 15) is 0 Å². The summed E-state index contributed by atoms with van der Waals surface area (Å²) in [5.41, 5.74) is 4.62. The molecule has 0 saturated heterocycles. The number of pyridine rings is 1. The van der Waals surface area contributed by atoms with Crippen LogP contribution in [0.3, 0.4) is 0 Å². The van der Waals surface area contributed by atoms with Crippen molar-refractivity contribution < 1.29 is 0 Å². The van der Waals surface area contributed by atoms with Crippen LogP contribution in [0.25, 0.3) is 16.8 Å². The molecule has 96 valence electrons. The maximum absolute atomic E-state index is 4.35. The highest BCUT2D eigenvalue weighted by atomic mass is 15.3. The van der Waals surface area contributed by atoms with Crippen LogP contribution in [-0.2, 0) is 0 Å². The first kappa shape index (κ1) is 11.9. The summed E-state index contributed by atoms with van der Waals surface area (Å²) in [5, 5.41) is 4.35. The fraction of sp³-hybridized carbons (Fsp3) is 0.250. The largest absolute Gasteiger partial charge is 0.220 e. The molecule has 3 rings (SSSR count). The van der Waals surface area contributed by atoms with Gasteiger partial charge in [0.05, 0.1) is 0 Å². The van der Waals surface area contributed by atoms with Gasteiger partial charge in [-0.2, -0.15) is 5.10 Å². The number of hydrogen-bond acceptors (Lipinski definition) is 2. The van der Waals surface area contributed by atoms with E-state index in [1.807, 2.05) is 23.7 Å². The van der Waals surface area contributed by atoms with Gasteiger partial charge in [0, 0.05) is 11.8 Å². The van der Waals surface area contributed by atoms with Crippen molar-refractivity contribution in [2.45, 2.75) is 26.7 Å². The van der Waals surface area contributed by atoms with Crippen LogP contribution in [0.5, 0.6) is 0 Å². The summed E-state index contributed by atoms with van der Waals surface area (Å²) in [6.07, 6.45) is 2.03. The van der Waals surface area contributed by atoms with Gasteiger partial charge in [-0.1, -0.05) is 38.1 Å². The van der Waals surface area contributed by atoms with E-state index in [0.717, 1.165) is 17.0 Å². The molecule has 0 aliphatic heterocycles. The van der Waals surface area contributed by atoms with Gasteiger partial charge < -0.3 is 0 Å². The topological polar surface area (TPSA) is 30.2 Å². The highest BCUT2D eigenvalue weighted by Crippen LogP contribution is 2.22. The fourth-order valence-corrected chi connectivity index (χ4v) is 2.23. The Kier molecular flexibility index (Phi) is 2.82. The van der Waals surface area contributed by atoms with Crippen LogP contribution in [0.2, 0.25) is 0 Å². The van der Waals surface area contributed by atoms with Gasteiger partial charge in [-0.15, -0.1) is 0 Å². The van der Waals surface area contributed by atoms with Crippen LogP contribution in [0.15, 0.2) is 42.6 Å². The minimum Gasteiger partial charge on any atom is -0.220 e. The van der Waals surface area contributed by atoms with Crippen molar-refractivity contribution in [1.82, 2.24) is 14.6 Å². The van der Waals surface area contributed by atoms with E-state index in [4.69, 9.17) is 0 Å². The summed E-state index contributed by atoms with van der Waals surface area (Å²) in [5.74, 6) is 1.36. The molecule has 0 bridgehead atoms. The number of nitrogens with zero attached hydrogens (tertiary/aromatic N) is 3. The van der Waals surface area contributed by atoms with Gasteiger partial charge in [0.1, 0.15) is 5.82 Å². The molecule has 1 aromatic carbocycles. The molecule has 0 unspecified atom stereocenters. The molecule has 0 aliphatic carbocycles. The van der Waals surface area contributed by atoms with E-state index in [2.05, 4.69) is 54.3 Å². The van der Waals surface area contributed by atoms with E-state index in [0.29, 0.717) is 5.92 Å². The zero-order chi connectivity index (χ0) is 13.4. The molecular weight excluding hydrogens is 234 g/mol. The molecule has 0 spiro atoms. The second-order valence-corrected chi connectivity index (χ2v) is 5.16. The van der Waals surface area contributed by atoms with E-state index >= 15 is 0 Å². The van der Waals surface area contributed by atoms with E-state index in [1.54, 1.807) is 0 Å². The Balaban J connectivity index is 2.03. The number of aromatic nitrogens is 3. The fourth-order valence-electron chi connectivity index (χ4n) is 2.23. The normalized spacial score (nSPS) is 11.4. The molecule has 19 heavy (non-hydrogen) atoms. The molecule has 0 fully saturated rings. The molecule has 0 atom stereocenters. The predicted octanol–water partition coefficient (Wildman–Crippen LogP) is 3.83. The molecule has 3 nitrogen and oxygen atoms in total. The van der Waals surface area contributed by atoms with Gasteiger partial charge in [0.15, 0.2) is 5.65 Å². The Morgan fingerprint density at radius 2 is 1.63 bits per heavy atom. The van der Waals surface area contributed by atoms with Crippen molar-refractivity contribution >= 4 is 5.65 Å². The van der Waals surface area contributed by atoms with E-state index < -0.39 is 0 Å². The van der Waals surface area contributed by atoms with Crippen LogP contribution in [-0.4, -0.2) is 14.6 Å². The van der Waals surface area contributed by atoms with Crippen LogP contribution >= 0.6 is 0 Å². The third kappa shape index (κ3) is 2.24. The number of rotatable bonds is 2. The Hall–Kier alpha value is -2.16. The first-order valence-electron chi connectivity index (χ1n) is 6.57. The smallest absolute Gasteiger partial charge is 0.155 e. The summed E-state index contributed by atoms with van der Waals surface area (Å²) in [6.45, 7) is 6.32. The second-order valence-electron chi connectivity index (χ2n) is 5.16. The molecule has 0 aliphatic rings. The van der Waals surface area contributed by atoms with E-state index in [1.165, 1.54) is 11.1 Å². The minimum absolute atomic E-state index is 0.564. The van der Waals surface area contributed by atoms with Crippen molar-refractivity contribution in [2.75, 3.05) is 0 Å². The van der Waals surface area contributed by atoms with Crippen LogP contribution < -0.4 is 0 Å². The maximum Gasteiger partial charge on any atom is 0.155 e. The molecule has 2 heterocycles. The second kappa shape index (κ2) is 4.50. The SMILES string of the molecule is Cc1nc2ccc(-c3ccc(C(C)C)cc3)cn2n1. The standard InChI is InChI=1S/C16H17N3/c1-11(2)13-4-6-14(7-5-13)15-8-9-16-17-12(3)18-19(16)10-15/h4-11H,1-3H3. The number of aryl methyl sites for hydroxylation is 1. The van der Waals surface area contributed by atoms with Crippen LogP contribution in [0.4, 0.5) is 0 Å². The third-order valence-corrected chi connectivity index (χ3v) is 3.35. The Morgan fingerprint density at radius 1 is 0.947 bits per heavy atom. The zero-order valence-corrected chi connectivity index (χ0v) is 11.5. The first-order chi connectivity index (χ1) is 9.13. The van der Waals surface area contributed by atoms with Gasteiger partial charge in [-0.05, 0) is 36.1 Å². The van der Waals surface area contributed by atoms with Crippen molar-refractivity contribution in [2.24, 2.45) is 0 Å². The highest BCUT2D eigenvalue weighted by Gasteiger charge is 2.04. The molecular formula is C16H17N3. The lowest BCUT2D eigenvalue weighted by molar-refractivity contribution is 0.867. The number of benzene rings is 1. The van der Waals surface area contributed by atoms with E-state index in [-0.39, 0.29) is 0 Å². The first-order valence-corrected chi connectivity index (χ1v) is 6.57. The predicted molar refractivity (Wildman–Crippen MR) is 77.2 cm³/mol. The lowest BCUT2D eigenvalue weighted by Gasteiger charge is -2.07. The average Bonchev–Trinajstić information content (AvgIpc) is 2.77. The highest BCUT2D eigenvalue weighted by molar-refractivity contribution is 5.64. The van der Waals surface area contributed by atoms with Crippen molar-refractivity contribution in [3.63, 3.8) is 0 Å². The maximum atomic E-state index is 4.35. The molecule has 0 radical (unpaired) electrons. The summed E-state index contributed by atoms with van der Waals surface area (Å²) >= 11 is 0. The quantitative estimate of drug-likeness (QED) is 0.693. The van der Waals surface area contributed by atoms with Gasteiger partial charge in [-0.25, -0.2) is 9.50 Å². The van der Waals surface area contributed by atoms with Gasteiger partial charge in [0.2, 0.25) is 0 Å². The molecule has 2 aromatic heterocycles. The van der Waals surface area contributed by atoms with Crippen molar-refractivity contribution in [3.05, 3.63) is 54.0 Å². The summed E-state index contributed by atoms with van der Waals surface area (Å²) in [4.78, 5) is 4.34. The summed E-state index contributed by atoms with van der Waals surface area (Å²) < 4.78 is 1.83. The molecule has 0 saturated carbocycles. The van der Waals surface area contributed by atoms with Gasteiger partial charge >= 0.3 is 0 Å². The Morgan fingerprint density at radius 3 is 2.32 bits per heavy atom. The lowest BCUT2D eigenvalue weighted by atomic mass is 9.99. The summed E-state index contributed by atoms with van der Waals surface area (Å²) in [6, 6.07) is 12.8. The lowest BCUT2D eigenvalue weighted by Crippen LogP contribution is -1.90. The number of fused-ring (bicyclic) bond motifs is 1. The number of hydrogen-bond donors (Lipinski definition) is 0. The molecule has 0 amide bonds. The van der Waals surface area contributed by atoms with Gasteiger partial charge in [-0.3, -0.25) is 0 Å². The zero-order valence-electron chi connectivity index (χ0n) is 11.5. The average molecular weight is 251 g/mol. The molecule has 3 aromatic rings. The van der Waals surface area contributed by atoms with Gasteiger partial charge in [0.25, 0.3) is 0 Å². The third-order valence-electron chi connectivity index (χ3n) is 3.35. The molecule has 3 heteroatoms. The van der Waals surface area contributed by atoms with Crippen LogP contribution in [0.1, 0.15) is 31.2 Å². The van der Waals surface area contributed by atoms with Crippen molar-refractivity contribution in [3.8, 4) is 11.1 Å². The van der Waals surface area contributed by atoms with Crippen LogP contribution in [0, 0.1) is 6.92 Å². The summed E-state index contributed by atoms with van der Waals surface area (Å²) in [7, 11) is 0. The van der Waals surface area contributed by atoms with Crippen molar-refractivity contribution in [1.29, 1.82) is 0 Å². The molecule has 0 N–H and O–H groups in total. The Labute approximate surface area is 112 Å². The monoisotopic (exact) mass is 251 g/mol. The minimum atomic E-state index is 0.564. The Bertz CT molecular complexity index is 708.